The van der Waals surface area contributed by atoms with E-state index in [1.54, 1.807) is 0 Å². The Morgan fingerprint density at radius 3 is 0.598 bits per heavy atom. The second kappa shape index (κ2) is 18.3. The zero-order valence-electron chi connectivity index (χ0n) is 51.9. The van der Waals surface area contributed by atoms with Gasteiger partial charge in [-0.1, -0.05) is 228 Å². The van der Waals surface area contributed by atoms with Crippen molar-refractivity contribution in [2.45, 2.75) is 39.2 Å². The fraction of sp³-hybridized carbons (Fsp3) is 0. The Balaban J connectivity index is 1.28. The Hall–Kier alpha value is -8.88. The van der Waals surface area contributed by atoms with Gasteiger partial charge in [-0.05, 0) is 117 Å². The molecule has 0 amide bonds. The number of benzene rings is 8. The molecule has 8 nitrogen and oxygen atoms in total. The summed E-state index contributed by atoms with van der Waals surface area (Å²) >= 11 is 0. The van der Waals surface area contributed by atoms with Crippen molar-refractivity contribution in [1.29, 1.82) is 0 Å². The zero-order valence-corrected chi connectivity index (χ0v) is 58.5. The van der Waals surface area contributed by atoms with Crippen LogP contribution in [0.25, 0.3) is 134 Å². The minimum absolute atomic E-state index is 0.269. The molecule has 2 aliphatic heterocycles. The minimum atomic E-state index is -11.8. The first-order valence-electron chi connectivity index (χ1n) is 28.4. The molecule has 618 valence electrons. The lowest BCUT2D eigenvalue weighted by Gasteiger charge is -2.44. The molecule has 0 radical (unpaired) electrons. The number of nitrogens with one attached hydrogen (secondary N) is 2. The maximum Gasteiger partial charge on any atom is 0.310 e. The van der Waals surface area contributed by atoms with Gasteiger partial charge in [0.05, 0.1) is 0 Å². The number of halogens is 40. The van der Waals surface area contributed by atoms with E-state index in [9.17, 15) is 155 Å². The van der Waals surface area contributed by atoms with Crippen molar-refractivity contribution in [2.24, 2.45) is 0 Å². The lowest BCUT2D eigenvalue weighted by Crippen LogP contribution is -2.11. The van der Waals surface area contributed by atoms with Crippen molar-refractivity contribution in [3.63, 3.8) is 0 Å². The summed E-state index contributed by atoms with van der Waals surface area (Å²) in [5.41, 5.74) is -25.1. The van der Waals surface area contributed by atoms with E-state index in [4.69, 9.17) is 0 Å². The summed E-state index contributed by atoms with van der Waals surface area (Å²) in [7, 11) is -94.1. The topological polar surface area (TPSA) is 109 Å². The summed E-state index contributed by atoms with van der Waals surface area (Å²) in [6.45, 7) is 0. The molecule has 0 aliphatic carbocycles. The number of rotatable bonds is 12. The summed E-state index contributed by atoms with van der Waals surface area (Å²) in [5.74, 6) is -5.99. The van der Waals surface area contributed by atoms with Gasteiger partial charge in [0.25, 0.3) is 0 Å². The van der Waals surface area contributed by atoms with E-state index < -0.39 is 328 Å². The highest BCUT2D eigenvalue weighted by Gasteiger charge is 2.74. The van der Waals surface area contributed by atoms with Crippen LogP contribution in [0.15, 0.2) is 185 Å². The summed E-state index contributed by atoms with van der Waals surface area (Å²) in [4.78, 5) is -2.15. The van der Waals surface area contributed by atoms with E-state index in [2.05, 4.69) is 39.9 Å². The van der Waals surface area contributed by atoms with Gasteiger partial charge in [0.1, 0.15) is 61.8 Å². The summed E-state index contributed by atoms with van der Waals surface area (Å²) < 4.78 is 591. The van der Waals surface area contributed by atoms with Crippen molar-refractivity contribution in [1.82, 2.24) is 39.9 Å². The lowest BCUT2D eigenvalue weighted by atomic mass is 9.96. The third-order valence-electron chi connectivity index (χ3n) is 16.3. The maximum atomic E-state index is 14.8. The SMILES string of the molecule is FS(F)(F)(F)(F)c1cc(-c2cccc3c2-c2nc-3nc3[nH]c(nc4nc(nc5[nH]c(n2)c2cccc(-c6cc(S(F)(F)(F)(F)F)cc(S(F)(F)(F)(F)F)c6)c52)-c2cccc(-c5cc(S(F)(F)(F)(F)F)cc(S(F)(F)(F)(F)F)c5)c2-4)c2cccc(-c4cc(S(F)(F)(F)(F)F)cc(S(F)(F)(F)(F)F)c4)c32)cc(S(F)(F)(F)(F)F)c1. The average Bonchev–Trinajstić information content (AvgIpc) is 0.797. The fourth-order valence-corrected chi connectivity index (χ4v) is 17.5. The van der Waals surface area contributed by atoms with Crippen LogP contribution in [0.3, 0.4) is 0 Å². The minimum Gasteiger partial charge on any atom is -0.324 e. The Bertz CT molecular complexity index is 5870. The standard InChI is InChI=1S/C56H26F40N8S8/c57-105(58,59,60,61)29-13-25(14-30(21-29)106(62,63,64,65)66)37-5-1-9-41-45(37)53-97-49(41)101-54-46-38(26-15-31(107(67,68,69,70)71)22-32(16-26)108(72,73,74,75)76)6-2-10-42(46)51(98-54)103-56-48-40(28-19-35(111(87,88,89,90)91)24-36(20-28)112(92,93,94,95)96)8-4-12-44(48)52(100-56)104-55-47-39(7-3-11-43(47)50(99-55)102-53)27-17-33(109(77,78,79,80)81)23-34(18-27)110(82,83,84,85)86/h1-24H,(H2,97,98,99,100,101,102,103,104). The van der Waals surface area contributed by atoms with E-state index in [0.717, 1.165) is 0 Å². The molecule has 3 aromatic heterocycles. The molecular weight excluding hydrogens is 1800 g/mol. The van der Waals surface area contributed by atoms with Crippen LogP contribution in [0.4, 0.5) is 155 Å². The number of hydrogen-bond donors (Lipinski definition) is 2. The molecule has 0 atom stereocenters. The van der Waals surface area contributed by atoms with E-state index >= 15 is 0 Å². The molecule has 0 spiro atoms. The van der Waals surface area contributed by atoms with Gasteiger partial charge in [-0.2, -0.15) is 0 Å². The normalized spacial score (nSPS) is 18.8. The quantitative estimate of drug-likeness (QED) is 0.118. The number of nitrogens with zero attached hydrogens (tertiary/aromatic N) is 6. The molecule has 2 N–H and O–H groups in total. The smallest absolute Gasteiger partial charge is 0.310 e. The molecule has 11 aromatic rings. The molecule has 8 aromatic carbocycles. The molecule has 0 unspecified atom stereocenters. The molecule has 0 saturated carbocycles. The molecule has 5 heterocycles. The van der Waals surface area contributed by atoms with Crippen molar-refractivity contribution in [3.8, 4) is 90.1 Å². The summed E-state index contributed by atoms with van der Waals surface area (Å²) in [5, 5.41) is -4.94. The number of aromatic nitrogens is 8. The van der Waals surface area contributed by atoms with E-state index in [1.807, 2.05) is 0 Å². The monoisotopic (exact) mass is 1830 g/mol. The highest BCUT2D eigenvalue weighted by atomic mass is 32.5. The van der Waals surface area contributed by atoms with Crippen molar-refractivity contribution in [2.75, 3.05) is 0 Å². The number of H-pyrrole nitrogens is 2. The Labute approximate surface area is 593 Å². The molecule has 0 fully saturated rings. The summed E-state index contributed by atoms with van der Waals surface area (Å²) in [6.07, 6.45) is 0. The summed E-state index contributed by atoms with van der Waals surface area (Å²) in [6, 6.07) is -9.49. The van der Waals surface area contributed by atoms with Crippen LogP contribution in [0.2, 0.25) is 0 Å². The van der Waals surface area contributed by atoms with Crippen LogP contribution in [-0.4, -0.2) is 39.9 Å². The first kappa shape index (κ1) is 81.1. The number of hydrogen-bond acceptors (Lipinski definition) is 6. The highest BCUT2D eigenvalue weighted by molar-refractivity contribution is 8.48. The molecule has 112 heavy (non-hydrogen) atoms. The first-order valence-corrected chi connectivity index (χ1v) is 44.0. The molecule has 0 saturated heterocycles. The predicted molar refractivity (Wildman–Crippen MR) is 349 cm³/mol. The van der Waals surface area contributed by atoms with Crippen molar-refractivity contribution >= 4 is 126 Å². The molecular formula is C56H26F40N8S8. The predicted octanol–water partition coefficient (Wildman–Crippen LogP) is 34.8. The van der Waals surface area contributed by atoms with Gasteiger partial charge < -0.3 is 9.97 Å². The second-order valence-electron chi connectivity index (χ2n) is 25.0. The van der Waals surface area contributed by atoms with E-state index in [1.165, 1.54) is 0 Å². The van der Waals surface area contributed by atoms with Crippen LogP contribution < -0.4 is 0 Å². The van der Waals surface area contributed by atoms with Gasteiger partial charge in [0.2, 0.25) is 0 Å². The fourth-order valence-electron chi connectivity index (χ4n) is 11.6. The van der Waals surface area contributed by atoms with Gasteiger partial charge in [0, 0.05) is 43.8 Å². The van der Waals surface area contributed by atoms with Gasteiger partial charge in [-0.3, -0.25) is 0 Å². The Kier molecular flexibility index (Phi) is 13.2. The first-order chi connectivity index (χ1) is 48.5. The van der Waals surface area contributed by atoms with E-state index in [0.29, 0.717) is 48.5 Å². The lowest BCUT2D eigenvalue weighted by molar-refractivity contribution is 0.353. The zero-order chi connectivity index (χ0) is 84.4. The second-order valence-corrected chi connectivity index (χ2v) is 44.3. The third-order valence-corrected chi connectivity index (χ3v) is 25.3. The molecule has 2 aliphatic rings. The van der Waals surface area contributed by atoms with Gasteiger partial charge >= 0.3 is 81.8 Å². The average molecular weight is 1830 g/mol. The van der Waals surface area contributed by atoms with Gasteiger partial charge in [-0.15, -0.1) is 0 Å². The Morgan fingerprint density at radius 2 is 0.375 bits per heavy atom. The largest absolute Gasteiger partial charge is 0.324 e. The van der Waals surface area contributed by atoms with Crippen LogP contribution in [0.5, 0.6) is 0 Å². The molecule has 13 rings (SSSR count). The van der Waals surface area contributed by atoms with Gasteiger partial charge in [0.15, 0.2) is 23.3 Å². The van der Waals surface area contributed by atoms with E-state index in [-0.39, 0.29) is 24.3 Å². The molecule has 8 bridgehead atoms. The van der Waals surface area contributed by atoms with Crippen molar-refractivity contribution < 1.29 is 155 Å². The van der Waals surface area contributed by atoms with Crippen LogP contribution in [0, 0.1) is 0 Å². The number of aromatic amines is 2. The van der Waals surface area contributed by atoms with Gasteiger partial charge in [-0.25, -0.2) is 29.9 Å². The highest BCUT2D eigenvalue weighted by Crippen LogP contribution is 3.09. The third kappa shape index (κ3) is 15.6. The molecule has 56 heteroatoms. The van der Waals surface area contributed by atoms with Crippen LogP contribution in [-0.2, 0) is 0 Å². The van der Waals surface area contributed by atoms with Crippen LogP contribution >= 0.6 is 81.8 Å². The Morgan fingerprint density at radius 1 is 0.188 bits per heavy atom. The van der Waals surface area contributed by atoms with Crippen LogP contribution in [0.1, 0.15) is 0 Å². The number of fused-ring (bicyclic) bond motifs is 20. The maximum absolute atomic E-state index is 14.8. The van der Waals surface area contributed by atoms with Crippen molar-refractivity contribution in [3.05, 3.63) is 146 Å².